The highest BCUT2D eigenvalue weighted by molar-refractivity contribution is 9.11. The summed E-state index contributed by atoms with van der Waals surface area (Å²) < 4.78 is 6.73. The first kappa shape index (κ1) is 19.7. The number of anilines is 1. The molecule has 9 nitrogen and oxygen atoms in total. The van der Waals surface area contributed by atoms with Crippen LogP contribution in [0.25, 0.3) is 11.3 Å². The van der Waals surface area contributed by atoms with Crippen molar-refractivity contribution in [3.05, 3.63) is 83.5 Å². The molecule has 0 atom stereocenters. The van der Waals surface area contributed by atoms with E-state index < -0.39 is 9.85 Å². The van der Waals surface area contributed by atoms with E-state index in [9.17, 15) is 20.2 Å². The largest absolute Gasteiger partial charge is 0.455 e. The topological polar surface area (TPSA) is 124 Å². The molecule has 3 aromatic rings. The molecule has 0 fully saturated rings. The van der Waals surface area contributed by atoms with Gasteiger partial charge in [-0.25, -0.2) is 0 Å². The molecule has 0 radical (unpaired) electrons. The zero-order valence-electron chi connectivity index (χ0n) is 13.8. The normalized spacial score (nSPS) is 10.9. The molecule has 0 saturated carbocycles. The average Bonchev–Trinajstić information content (AvgIpc) is 3.10. The number of nitro groups is 2. The van der Waals surface area contributed by atoms with Crippen LogP contribution in [0.1, 0.15) is 5.76 Å². The standard InChI is InChI=1S/C17H10Br2N4O5/c18-14-7-12(23(26)27)8-15(19)17(14)16-6-5-13(28-16)9-20-21-10-1-3-11(4-2-10)22(24)25/h1-9,21H/b20-9+. The third kappa shape index (κ3) is 4.43. The van der Waals surface area contributed by atoms with Gasteiger partial charge in [-0.15, -0.1) is 0 Å². The molecule has 11 heteroatoms. The lowest BCUT2D eigenvalue weighted by Crippen LogP contribution is -1.91. The maximum Gasteiger partial charge on any atom is 0.271 e. The lowest BCUT2D eigenvalue weighted by molar-refractivity contribution is -0.385. The van der Waals surface area contributed by atoms with Gasteiger partial charge in [-0.1, -0.05) is 0 Å². The summed E-state index contributed by atoms with van der Waals surface area (Å²) in [5.74, 6) is 0.937. The Balaban J connectivity index is 1.75. The minimum absolute atomic E-state index is 0.00976. The van der Waals surface area contributed by atoms with Gasteiger partial charge in [0.05, 0.1) is 21.7 Å². The second-order valence-electron chi connectivity index (χ2n) is 5.42. The molecule has 1 N–H and O–H groups in total. The smallest absolute Gasteiger partial charge is 0.271 e. The molecule has 3 rings (SSSR count). The molecule has 0 amide bonds. The first-order valence-electron chi connectivity index (χ1n) is 7.62. The maximum absolute atomic E-state index is 10.9. The Hall–Kier alpha value is -3.05. The zero-order chi connectivity index (χ0) is 20.3. The predicted molar refractivity (Wildman–Crippen MR) is 111 cm³/mol. The van der Waals surface area contributed by atoms with Crippen molar-refractivity contribution in [3.8, 4) is 11.3 Å². The number of furan rings is 1. The Bertz CT molecular complexity index is 1060. The van der Waals surface area contributed by atoms with Crippen LogP contribution in [0.5, 0.6) is 0 Å². The minimum atomic E-state index is -0.483. The lowest BCUT2D eigenvalue weighted by Gasteiger charge is -2.04. The van der Waals surface area contributed by atoms with Gasteiger partial charge in [-0.2, -0.15) is 5.10 Å². The quantitative estimate of drug-likeness (QED) is 0.257. The van der Waals surface area contributed by atoms with E-state index >= 15 is 0 Å². The first-order chi connectivity index (χ1) is 13.3. The molecule has 0 aliphatic rings. The summed E-state index contributed by atoms with van der Waals surface area (Å²) in [6.07, 6.45) is 1.44. The van der Waals surface area contributed by atoms with Crippen molar-refractivity contribution in [1.29, 1.82) is 0 Å². The van der Waals surface area contributed by atoms with E-state index in [1.165, 1.54) is 42.6 Å². The van der Waals surface area contributed by atoms with E-state index in [1.807, 2.05) is 0 Å². The van der Waals surface area contributed by atoms with Gasteiger partial charge < -0.3 is 4.42 Å². The highest BCUT2D eigenvalue weighted by atomic mass is 79.9. The molecule has 0 bridgehead atoms. The van der Waals surface area contributed by atoms with E-state index in [-0.39, 0.29) is 11.4 Å². The van der Waals surface area contributed by atoms with Gasteiger partial charge >= 0.3 is 0 Å². The number of rotatable bonds is 6. The molecule has 0 saturated heterocycles. The summed E-state index contributed by atoms with van der Waals surface area (Å²) in [5, 5.41) is 25.6. The fourth-order valence-corrected chi connectivity index (χ4v) is 3.84. The molecule has 0 spiro atoms. The lowest BCUT2D eigenvalue weighted by atomic mass is 10.1. The molecule has 0 aliphatic carbocycles. The molecule has 0 aliphatic heterocycles. The Morgan fingerprint density at radius 2 is 1.54 bits per heavy atom. The number of halogens is 2. The summed E-state index contributed by atoms with van der Waals surface area (Å²) in [6, 6.07) is 12.0. The van der Waals surface area contributed by atoms with Crippen LogP contribution in [-0.4, -0.2) is 16.1 Å². The third-order valence-corrected chi connectivity index (χ3v) is 4.83. The average molecular weight is 510 g/mol. The van der Waals surface area contributed by atoms with E-state index in [1.54, 1.807) is 12.1 Å². The second kappa shape index (κ2) is 8.31. The van der Waals surface area contributed by atoms with Crippen molar-refractivity contribution in [1.82, 2.24) is 0 Å². The Kier molecular flexibility index (Phi) is 5.85. The number of hydrogen-bond donors (Lipinski definition) is 1. The SMILES string of the molecule is O=[N+]([O-])c1ccc(N/N=C/c2ccc(-c3c(Br)cc([N+](=O)[O-])cc3Br)o2)cc1. The van der Waals surface area contributed by atoms with Crippen LogP contribution in [0.2, 0.25) is 0 Å². The summed E-state index contributed by atoms with van der Waals surface area (Å²) in [5.41, 5.74) is 3.89. The van der Waals surface area contributed by atoms with Gasteiger partial charge in [0.25, 0.3) is 11.4 Å². The van der Waals surface area contributed by atoms with Crippen molar-refractivity contribution in [2.45, 2.75) is 0 Å². The molecule has 1 heterocycles. The Morgan fingerprint density at radius 3 is 2.11 bits per heavy atom. The number of nitrogens with one attached hydrogen (secondary N) is 1. The number of non-ortho nitro benzene ring substituents is 2. The van der Waals surface area contributed by atoms with E-state index in [0.29, 0.717) is 31.7 Å². The number of nitrogens with zero attached hydrogens (tertiary/aromatic N) is 3. The van der Waals surface area contributed by atoms with E-state index in [2.05, 4.69) is 42.4 Å². The van der Waals surface area contributed by atoms with Crippen LogP contribution in [0.15, 0.2) is 67.0 Å². The van der Waals surface area contributed by atoms with E-state index in [4.69, 9.17) is 4.42 Å². The fraction of sp³-hybridized carbons (Fsp3) is 0. The van der Waals surface area contributed by atoms with Gasteiger partial charge in [0, 0.05) is 38.8 Å². The first-order valence-corrected chi connectivity index (χ1v) is 9.21. The van der Waals surface area contributed by atoms with Crippen LogP contribution >= 0.6 is 31.9 Å². The van der Waals surface area contributed by atoms with Crippen LogP contribution in [0, 0.1) is 20.2 Å². The van der Waals surface area contributed by atoms with Crippen molar-refractivity contribution >= 4 is 55.1 Å². The molecule has 1 aromatic heterocycles. The Labute approximate surface area is 174 Å². The summed E-state index contributed by atoms with van der Waals surface area (Å²) >= 11 is 6.65. The van der Waals surface area contributed by atoms with Crippen molar-refractivity contribution in [2.75, 3.05) is 5.43 Å². The molecule has 142 valence electrons. The number of hydrazone groups is 1. The highest BCUT2D eigenvalue weighted by Crippen LogP contribution is 2.38. The third-order valence-electron chi connectivity index (χ3n) is 3.57. The van der Waals surface area contributed by atoms with Crippen LogP contribution < -0.4 is 5.43 Å². The van der Waals surface area contributed by atoms with Crippen molar-refractivity contribution < 1.29 is 14.3 Å². The van der Waals surface area contributed by atoms with Crippen LogP contribution in [-0.2, 0) is 0 Å². The summed E-state index contributed by atoms with van der Waals surface area (Å²) in [7, 11) is 0. The minimum Gasteiger partial charge on any atom is -0.455 e. The number of nitro benzene ring substituents is 2. The van der Waals surface area contributed by atoms with Crippen molar-refractivity contribution in [2.24, 2.45) is 5.10 Å². The predicted octanol–water partition coefficient (Wildman–Crippen LogP) is 5.73. The molecule has 2 aromatic carbocycles. The monoisotopic (exact) mass is 508 g/mol. The Morgan fingerprint density at radius 1 is 0.929 bits per heavy atom. The fourth-order valence-electron chi connectivity index (χ4n) is 2.29. The van der Waals surface area contributed by atoms with Gasteiger partial charge in [-0.05, 0) is 56.1 Å². The van der Waals surface area contributed by atoms with Crippen LogP contribution in [0.4, 0.5) is 17.1 Å². The molecular weight excluding hydrogens is 500 g/mol. The molecule has 0 unspecified atom stereocenters. The van der Waals surface area contributed by atoms with Gasteiger partial charge in [0.15, 0.2) is 0 Å². The summed E-state index contributed by atoms with van der Waals surface area (Å²) in [4.78, 5) is 20.6. The second-order valence-corrected chi connectivity index (χ2v) is 7.13. The number of hydrogen-bond acceptors (Lipinski definition) is 7. The number of benzene rings is 2. The highest BCUT2D eigenvalue weighted by Gasteiger charge is 2.17. The zero-order valence-corrected chi connectivity index (χ0v) is 17.0. The van der Waals surface area contributed by atoms with E-state index in [0.717, 1.165) is 0 Å². The van der Waals surface area contributed by atoms with Crippen LogP contribution in [0.3, 0.4) is 0 Å². The van der Waals surface area contributed by atoms with Gasteiger partial charge in [-0.3, -0.25) is 25.7 Å². The maximum atomic E-state index is 10.9. The van der Waals surface area contributed by atoms with Gasteiger partial charge in [0.1, 0.15) is 11.5 Å². The van der Waals surface area contributed by atoms with Gasteiger partial charge in [0.2, 0.25) is 0 Å². The summed E-state index contributed by atoms with van der Waals surface area (Å²) in [6.45, 7) is 0. The molecular formula is C17H10Br2N4O5. The van der Waals surface area contributed by atoms with Crippen molar-refractivity contribution in [3.63, 3.8) is 0 Å². The molecule has 28 heavy (non-hydrogen) atoms.